The second kappa shape index (κ2) is 5.02. The van der Waals surface area contributed by atoms with Crippen LogP contribution in [0.3, 0.4) is 0 Å². The Kier molecular flexibility index (Phi) is 3.40. The van der Waals surface area contributed by atoms with Crippen molar-refractivity contribution >= 4 is 0 Å². The molecule has 0 saturated carbocycles. The van der Waals surface area contributed by atoms with Gasteiger partial charge in [0.1, 0.15) is 0 Å². The summed E-state index contributed by atoms with van der Waals surface area (Å²) in [5.74, 6) is 0.460. The molecular weight excluding hydrogens is 222 g/mol. The molecule has 1 aliphatic carbocycles. The molecule has 2 atom stereocenters. The lowest BCUT2D eigenvalue weighted by Crippen LogP contribution is -2.42. The van der Waals surface area contributed by atoms with Crippen molar-refractivity contribution < 1.29 is 5.11 Å². The van der Waals surface area contributed by atoms with Crippen LogP contribution in [0, 0.1) is 5.92 Å². The van der Waals surface area contributed by atoms with E-state index in [1.54, 1.807) is 11.1 Å². The number of rotatable bonds is 2. The summed E-state index contributed by atoms with van der Waals surface area (Å²) in [5.41, 5.74) is 4.52. The molecule has 1 aromatic rings. The van der Waals surface area contributed by atoms with Crippen molar-refractivity contribution in [3.63, 3.8) is 0 Å². The molecule has 1 aromatic carbocycles. The van der Waals surface area contributed by atoms with Crippen molar-refractivity contribution in [2.45, 2.75) is 45.3 Å². The van der Waals surface area contributed by atoms with E-state index in [4.69, 9.17) is 0 Å². The normalized spacial score (nSPS) is 28.3. The number of aliphatic hydroxyl groups is 1. The van der Waals surface area contributed by atoms with Gasteiger partial charge in [0.2, 0.25) is 0 Å². The van der Waals surface area contributed by atoms with Gasteiger partial charge in [0.05, 0.1) is 6.10 Å². The van der Waals surface area contributed by atoms with E-state index >= 15 is 0 Å². The number of hydrogen-bond acceptors (Lipinski definition) is 2. The fourth-order valence-corrected chi connectivity index (χ4v) is 3.24. The van der Waals surface area contributed by atoms with Crippen LogP contribution in [0.1, 0.15) is 36.5 Å². The molecule has 2 nitrogen and oxygen atoms in total. The van der Waals surface area contributed by atoms with Crippen LogP contribution in [0.5, 0.6) is 0 Å². The molecule has 1 fully saturated rings. The van der Waals surface area contributed by atoms with Gasteiger partial charge in [-0.15, -0.1) is 0 Å². The quantitative estimate of drug-likeness (QED) is 0.864. The van der Waals surface area contributed by atoms with Gasteiger partial charge in [0, 0.05) is 13.1 Å². The minimum Gasteiger partial charge on any atom is -0.392 e. The van der Waals surface area contributed by atoms with Gasteiger partial charge in [-0.25, -0.2) is 0 Å². The monoisotopic (exact) mass is 245 g/mol. The van der Waals surface area contributed by atoms with Gasteiger partial charge in [-0.1, -0.05) is 25.1 Å². The Morgan fingerprint density at radius 2 is 2.11 bits per heavy atom. The second-order valence-corrected chi connectivity index (χ2v) is 6.03. The first-order chi connectivity index (χ1) is 8.72. The molecule has 3 rings (SSSR count). The van der Waals surface area contributed by atoms with E-state index in [2.05, 4.69) is 30.0 Å². The number of hydrogen-bond donors (Lipinski definition) is 1. The van der Waals surface area contributed by atoms with Crippen LogP contribution < -0.4 is 0 Å². The van der Waals surface area contributed by atoms with Crippen LogP contribution in [0.4, 0.5) is 0 Å². The van der Waals surface area contributed by atoms with Gasteiger partial charge in [0.15, 0.2) is 0 Å². The zero-order valence-electron chi connectivity index (χ0n) is 11.2. The van der Waals surface area contributed by atoms with Crippen molar-refractivity contribution in [1.29, 1.82) is 0 Å². The maximum absolute atomic E-state index is 9.94. The third kappa shape index (κ3) is 2.45. The average molecular weight is 245 g/mol. The maximum Gasteiger partial charge on any atom is 0.0693 e. The molecule has 18 heavy (non-hydrogen) atoms. The van der Waals surface area contributed by atoms with Crippen LogP contribution in [-0.2, 0) is 19.4 Å². The number of β-amino-alcohol motifs (C(OH)–C–C–N with tert-alkyl or cyclic N) is 1. The molecule has 1 saturated heterocycles. The summed E-state index contributed by atoms with van der Waals surface area (Å²) in [4.78, 5) is 2.39. The van der Waals surface area contributed by atoms with Crippen LogP contribution in [0.25, 0.3) is 0 Å². The zero-order chi connectivity index (χ0) is 12.5. The molecule has 2 aliphatic rings. The summed E-state index contributed by atoms with van der Waals surface area (Å²) in [5, 5.41) is 9.94. The summed E-state index contributed by atoms with van der Waals surface area (Å²) >= 11 is 0. The lowest BCUT2D eigenvalue weighted by atomic mass is 9.95. The number of aryl methyl sites for hydroxylation is 2. The number of fused-ring (bicyclic) bond motifs is 1. The highest BCUT2D eigenvalue weighted by Gasteiger charge is 2.24. The number of aliphatic hydroxyl groups excluding tert-OH is 1. The highest BCUT2D eigenvalue weighted by molar-refractivity contribution is 5.35. The summed E-state index contributed by atoms with van der Waals surface area (Å²) in [6.45, 7) is 5.10. The van der Waals surface area contributed by atoms with E-state index in [0.717, 1.165) is 26.1 Å². The van der Waals surface area contributed by atoms with Crippen molar-refractivity contribution in [2.24, 2.45) is 5.92 Å². The first-order valence-corrected chi connectivity index (χ1v) is 7.23. The fourth-order valence-electron chi connectivity index (χ4n) is 3.24. The van der Waals surface area contributed by atoms with Crippen molar-refractivity contribution in [3.05, 3.63) is 34.9 Å². The van der Waals surface area contributed by atoms with Crippen LogP contribution in [0.15, 0.2) is 18.2 Å². The largest absolute Gasteiger partial charge is 0.392 e. The molecule has 0 amide bonds. The van der Waals surface area contributed by atoms with Gasteiger partial charge >= 0.3 is 0 Å². The summed E-state index contributed by atoms with van der Waals surface area (Å²) in [6, 6.07) is 6.96. The van der Waals surface area contributed by atoms with Gasteiger partial charge in [0.25, 0.3) is 0 Å². The Hall–Kier alpha value is -0.860. The number of likely N-dealkylation sites (tertiary alicyclic amines) is 1. The third-order valence-corrected chi connectivity index (χ3v) is 4.57. The molecule has 1 N–H and O–H groups in total. The lowest BCUT2D eigenvalue weighted by molar-refractivity contribution is 0.0259. The smallest absolute Gasteiger partial charge is 0.0693 e. The van der Waals surface area contributed by atoms with E-state index in [0.29, 0.717) is 5.92 Å². The molecular formula is C16H23NO. The molecule has 98 valence electrons. The van der Waals surface area contributed by atoms with Gasteiger partial charge < -0.3 is 5.11 Å². The van der Waals surface area contributed by atoms with E-state index in [1.807, 2.05) is 0 Å². The van der Waals surface area contributed by atoms with Crippen molar-refractivity contribution in [3.8, 4) is 0 Å². The highest BCUT2D eigenvalue weighted by Crippen LogP contribution is 2.24. The Morgan fingerprint density at radius 3 is 2.94 bits per heavy atom. The van der Waals surface area contributed by atoms with Crippen LogP contribution in [0.2, 0.25) is 0 Å². The van der Waals surface area contributed by atoms with E-state index in [9.17, 15) is 5.11 Å². The predicted octanol–water partition coefficient (Wildman–Crippen LogP) is 2.38. The van der Waals surface area contributed by atoms with Gasteiger partial charge in [-0.3, -0.25) is 4.90 Å². The number of piperidine rings is 1. The molecule has 0 aromatic heterocycles. The first kappa shape index (κ1) is 12.2. The minimum absolute atomic E-state index is 0.145. The highest BCUT2D eigenvalue weighted by atomic mass is 16.3. The second-order valence-electron chi connectivity index (χ2n) is 6.03. The Balaban J connectivity index is 1.66. The molecule has 2 unspecified atom stereocenters. The third-order valence-electron chi connectivity index (χ3n) is 4.57. The minimum atomic E-state index is -0.145. The van der Waals surface area contributed by atoms with Gasteiger partial charge in [-0.05, 0) is 54.8 Å². The number of nitrogens with zero attached hydrogens (tertiary/aromatic N) is 1. The zero-order valence-corrected chi connectivity index (χ0v) is 11.2. The SMILES string of the molecule is CC1CCN(Cc2ccc3c(c2)CCC3)CC1O. The predicted molar refractivity (Wildman–Crippen MR) is 73.5 cm³/mol. The van der Waals surface area contributed by atoms with E-state index in [1.165, 1.54) is 24.8 Å². The van der Waals surface area contributed by atoms with Crippen LogP contribution in [-0.4, -0.2) is 29.2 Å². The molecule has 0 radical (unpaired) electrons. The summed E-state index contributed by atoms with van der Waals surface area (Å²) < 4.78 is 0. The fraction of sp³-hybridized carbons (Fsp3) is 0.625. The number of benzene rings is 1. The Morgan fingerprint density at radius 1 is 1.28 bits per heavy atom. The summed E-state index contributed by atoms with van der Waals surface area (Å²) in [7, 11) is 0. The molecule has 1 aliphatic heterocycles. The van der Waals surface area contributed by atoms with E-state index in [-0.39, 0.29) is 6.10 Å². The summed E-state index contributed by atoms with van der Waals surface area (Å²) in [6.07, 6.45) is 4.80. The Labute approximate surface area is 110 Å². The van der Waals surface area contributed by atoms with Crippen molar-refractivity contribution in [1.82, 2.24) is 4.90 Å². The average Bonchev–Trinajstić information content (AvgIpc) is 2.81. The molecule has 0 spiro atoms. The maximum atomic E-state index is 9.94. The first-order valence-electron chi connectivity index (χ1n) is 7.23. The standard InChI is InChI=1S/C16H23NO/c1-12-7-8-17(11-16(12)18)10-13-5-6-14-3-2-4-15(14)9-13/h5-6,9,12,16,18H,2-4,7-8,10-11H2,1H3. The van der Waals surface area contributed by atoms with Gasteiger partial charge in [-0.2, -0.15) is 0 Å². The Bertz CT molecular complexity index is 429. The molecule has 0 bridgehead atoms. The van der Waals surface area contributed by atoms with Crippen molar-refractivity contribution in [2.75, 3.05) is 13.1 Å². The molecule has 2 heteroatoms. The van der Waals surface area contributed by atoms with E-state index < -0.39 is 0 Å². The lowest BCUT2D eigenvalue weighted by Gasteiger charge is -2.34. The molecule has 1 heterocycles. The topological polar surface area (TPSA) is 23.5 Å². The van der Waals surface area contributed by atoms with Crippen LogP contribution >= 0.6 is 0 Å².